The summed E-state index contributed by atoms with van der Waals surface area (Å²) in [4.78, 5) is 14.1. The van der Waals surface area contributed by atoms with Crippen molar-refractivity contribution in [3.63, 3.8) is 0 Å². The van der Waals surface area contributed by atoms with Crippen LogP contribution in [0, 0.1) is 23.3 Å². The van der Waals surface area contributed by atoms with Crippen LogP contribution < -0.4 is 19.7 Å². The molecule has 14 heteroatoms. The molecule has 203 valence electrons. The van der Waals surface area contributed by atoms with Crippen LogP contribution >= 0.6 is 30.3 Å². The SMILES string of the molecule is N#Cc1ccc(P(=O)([O-])C[As]S(=O)(=O)c2cc3cc(OCCN4[C+]=CC=CC4)c(OCCCl)cc3s2)cc1F. The van der Waals surface area contributed by atoms with Crippen LogP contribution in [0.25, 0.3) is 10.1 Å². The quantitative estimate of drug-likeness (QED) is 0.125. The number of nitriles is 1. The summed E-state index contributed by atoms with van der Waals surface area (Å²) in [5.74, 6) is 0.143. The fraction of sp³-hybridized carbons (Fsp3) is 0.240. The Kier molecular flexibility index (Phi) is 9.74. The molecule has 2 heterocycles. The Morgan fingerprint density at radius 3 is 2.69 bits per heavy atom. The maximum absolute atomic E-state index is 13.9. The zero-order chi connectivity index (χ0) is 28.0. The summed E-state index contributed by atoms with van der Waals surface area (Å²) < 4.78 is 65.2. The van der Waals surface area contributed by atoms with Crippen LogP contribution in [0.15, 0.2) is 58.8 Å². The summed E-state index contributed by atoms with van der Waals surface area (Å²) >= 11 is 5.07. The Morgan fingerprint density at radius 1 is 1.23 bits per heavy atom. The first-order valence-corrected chi connectivity index (χ1v) is 19.7. The number of allylic oxidation sites excluding steroid dienone is 2. The maximum atomic E-state index is 13.9. The average molecular weight is 670 g/mol. The predicted octanol–water partition coefficient (Wildman–Crippen LogP) is 3.41. The van der Waals surface area contributed by atoms with Crippen LogP contribution in [-0.2, 0) is 12.7 Å². The van der Waals surface area contributed by atoms with Crippen LogP contribution in [-0.4, -0.2) is 65.0 Å². The number of nitrogens with zero attached hydrogens (tertiary/aromatic N) is 2. The number of halogens is 2. The van der Waals surface area contributed by atoms with Gasteiger partial charge in [-0.15, -0.1) is 0 Å². The van der Waals surface area contributed by atoms with Gasteiger partial charge in [-0.2, -0.15) is 0 Å². The van der Waals surface area contributed by atoms with Crippen LogP contribution in [0.5, 0.6) is 11.5 Å². The second kappa shape index (κ2) is 12.8. The van der Waals surface area contributed by atoms with E-state index in [9.17, 15) is 22.3 Å². The Hall–Kier alpha value is -2.40. The molecule has 1 aliphatic heterocycles. The van der Waals surface area contributed by atoms with Gasteiger partial charge < -0.3 is 0 Å². The number of thiophene rings is 1. The Morgan fingerprint density at radius 2 is 2.00 bits per heavy atom. The van der Waals surface area contributed by atoms with Crippen molar-refractivity contribution in [2.75, 3.05) is 37.1 Å². The van der Waals surface area contributed by atoms with Crippen molar-refractivity contribution in [3.8, 4) is 17.6 Å². The van der Waals surface area contributed by atoms with E-state index in [4.69, 9.17) is 26.3 Å². The van der Waals surface area contributed by atoms with Crippen LogP contribution in [0.2, 0.25) is 0 Å². The summed E-state index contributed by atoms with van der Waals surface area (Å²) in [6.07, 6.45) is 8.83. The van der Waals surface area contributed by atoms with Gasteiger partial charge in [-0.3, -0.25) is 0 Å². The zero-order valence-electron chi connectivity index (χ0n) is 20.2. The number of hydrogen-bond acceptors (Lipinski definition) is 9. The van der Waals surface area contributed by atoms with E-state index >= 15 is 0 Å². The third kappa shape index (κ3) is 7.42. The molecule has 8 nitrogen and oxygen atoms in total. The number of rotatable bonds is 12. The van der Waals surface area contributed by atoms with E-state index in [2.05, 4.69) is 6.20 Å². The van der Waals surface area contributed by atoms with Gasteiger partial charge in [0, 0.05) is 0 Å². The molecule has 0 bridgehead atoms. The third-order valence-electron chi connectivity index (χ3n) is 5.46. The molecule has 0 N–H and O–H groups in total. The Balaban J connectivity index is 1.51. The molecule has 0 saturated carbocycles. The molecule has 1 unspecified atom stereocenters. The Labute approximate surface area is 240 Å². The summed E-state index contributed by atoms with van der Waals surface area (Å²) in [6, 6.07) is 9.42. The summed E-state index contributed by atoms with van der Waals surface area (Å²) in [6.45, 7) is 1.87. The van der Waals surface area contributed by atoms with Crippen LogP contribution in [0.1, 0.15) is 5.56 Å². The first-order valence-electron chi connectivity index (χ1n) is 11.5. The van der Waals surface area contributed by atoms with Gasteiger partial charge in [0.2, 0.25) is 0 Å². The van der Waals surface area contributed by atoms with E-state index in [1.807, 2.05) is 23.1 Å². The second-order valence-corrected chi connectivity index (χ2v) is 20.1. The normalized spacial score (nSPS) is 14.9. The van der Waals surface area contributed by atoms with Gasteiger partial charge in [0.25, 0.3) is 0 Å². The molecule has 0 spiro atoms. The molecule has 3 aromatic rings. The van der Waals surface area contributed by atoms with Gasteiger partial charge in [0.15, 0.2) is 0 Å². The molecule has 1 aromatic heterocycles. The molecule has 39 heavy (non-hydrogen) atoms. The molecular formula is C25H21AsClFN2O6PS2. The van der Waals surface area contributed by atoms with Crippen molar-refractivity contribution >= 4 is 68.4 Å². The van der Waals surface area contributed by atoms with Crippen LogP contribution in [0.4, 0.5) is 4.39 Å². The van der Waals surface area contributed by atoms with Gasteiger partial charge in [-0.05, 0) is 0 Å². The third-order valence-corrected chi connectivity index (χ3v) is 19.0. The second-order valence-electron chi connectivity index (χ2n) is 8.15. The predicted molar refractivity (Wildman–Crippen MR) is 148 cm³/mol. The first kappa shape index (κ1) is 29.6. The molecule has 0 saturated heterocycles. The minimum atomic E-state index is -4.41. The van der Waals surface area contributed by atoms with Crippen LogP contribution in [0.3, 0.4) is 0 Å². The first-order chi connectivity index (χ1) is 18.6. The van der Waals surface area contributed by atoms with Crippen molar-refractivity contribution in [3.05, 3.63) is 72.2 Å². The monoisotopic (exact) mass is 669 g/mol. The number of benzene rings is 2. The van der Waals surface area contributed by atoms with Crippen molar-refractivity contribution in [2.24, 2.45) is 0 Å². The number of alkyl halides is 1. The topological polar surface area (TPSA) is 120 Å². The zero-order valence-corrected chi connectivity index (χ0v) is 25.4. The summed E-state index contributed by atoms with van der Waals surface area (Å²) in [7, 11) is -8.30. The molecule has 1 aliphatic rings. The molecule has 1 atom stereocenters. The molecule has 4 rings (SSSR count). The molecule has 1 radical (unpaired) electrons. The molecule has 0 aliphatic carbocycles. The van der Waals surface area contributed by atoms with E-state index < -0.39 is 40.8 Å². The molecule has 0 fully saturated rings. The number of hydrogen-bond donors (Lipinski definition) is 0. The standard InChI is InChI=1S/C25H21AsClFN2O6PS2/c27-6-10-35-23-15-24-19(12-22(23)36-11-9-30-7-2-1-3-8-30)13-25(38-24)39(33,34)26-17-37(31,32)20-5-4-18(16-29)21(28)14-20/h1-5,12-15H,6-7,9-11,17H2. The molecule has 2 aromatic carbocycles. The van der Waals surface area contributed by atoms with Gasteiger partial charge >= 0.3 is 235 Å². The van der Waals surface area contributed by atoms with E-state index in [1.54, 1.807) is 18.2 Å². The van der Waals surface area contributed by atoms with E-state index in [-0.39, 0.29) is 27.6 Å². The van der Waals surface area contributed by atoms with Gasteiger partial charge in [-0.25, -0.2) is 0 Å². The number of fused-ring (bicyclic) bond motifs is 1. The van der Waals surface area contributed by atoms with Crippen molar-refractivity contribution in [2.45, 2.75) is 4.21 Å². The van der Waals surface area contributed by atoms with Crippen molar-refractivity contribution in [1.29, 1.82) is 5.26 Å². The van der Waals surface area contributed by atoms with E-state index in [0.717, 1.165) is 36.1 Å². The van der Waals surface area contributed by atoms with E-state index in [1.165, 1.54) is 6.07 Å². The number of ether oxygens (including phenoxy) is 2. The molecule has 0 amide bonds. The Bertz CT molecular complexity index is 1620. The van der Waals surface area contributed by atoms with Gasteiger partial charge in [0.1, 0.15) is 0 Å². The van der Waals surface area contributed by atoms with Crippen molar-refractivity contribution < 1.29 is 31.7 Å². The molecular weight excluding hydrogens is 649 g/mol. The van der Waals surface area contributed by atoms with Gasteiger partial charge in [-0.1, -0.05) is 0 Å². The average Bonchev–Trinajstić information content (AvgIpc) is 3.35. The summed E-state index contributed by atoms with van der Waals surface area (Å²) in [5, 5.41) is 9.12. The van der Waals surface area contributed by atoms with Crippen molar-refractivity contribution in [1.82, 2.24) is 4.90 Å². The minimum absolute atomic E-state index is 0.0313. The van der Waals surface area contributed by atoms with Gasteiger partial charge in [0.05, 0.1) is 6.08 Å². The fourth-order valence-corrected chi connectivity index (χ4v) is 16.9. The fourth-order valence-electron chi connectivity index (χ4n) is 3.51. The van der Waals surface area contributed by atoms with E-state index in [0.29, 0.717) is 34.7 Å². The summed E-state index contributed by atoms with van der Waals surface area (Å²) in [5.41, 5.74) is -0.290.